The number of nitrogens with one attached hydrogen (secondary N) is 2. The molecule has 1 aliphatic rings. The number of carbonyl (C=O) groups excluding carboxylic acids is 1. The number of anilines is 1. The van der Waals surface area contributed by atoms with Crippen LogP contribution in [0.4, 0.5) is 14.5 Å². The van der Waals surface area contributed by atoms with E-state index in [0.29, 0.717) is 10.9 Å². The Labute approximate surface area is 172 Å². The predicted octanol–water partition coefficient (Wildman–Crippen LogP) is 5.12. The Morgan fingerprint density at radius 2 is 1.67 bits per heavy atom. The molecule has 1 aromatic heterocycles. The highest BCUT2D eigenvalue weighted by atomic mass is 19.2. The minimum Gasteiger partial charge on any atom is -0.354 e. The summed E-state index contributed by atoms with van der Waals surface area (Å²) < 4.78 is 27.1. The van der Waals surface area contributed by atoms with Gasteiger partial charge in [-0.1, -0.05) is 24.3 Å². The average Bonchev–Trinajstić information content (AvgIpc) is 3.03. The molecule has 152 valence electrons. The Bertz CT molecular complexity index is 1270. The van der Waals surface area contributed by atoms with E-state index in [1.807, 2.05) is 42.5 Å². The first-order chi connectivity index (χ1) is 14.4. The highest BCUT2D eigenvalue weighted by Crippen LogP contribution is 2.38. The zero-order valence-corrected chi connectivity index (χ0v) is 16.3. The van der Waals surface area contributed by atoms with Crippen LogP contribution in [0.1, 0.15) is 30.4 Å². The molecular weight excluding hydrogens is 384 g/mol. The van der Waals surface area contributed by atoms with Crippen molar-refractivity contribution >= 4 is 33.4 Å². The molecule has 0 bridgehead atoms. The van der Waals surface area contributed by atoms with Crippen LogP contribution in [0.2, 0.25) is 0 Å². The number of aromatic amines is 1. The summed E-state index contributed by atoms with van der Waals surface area (Å²) in [5, 5.41) is 4.31. The zero-order chi connectivity index (χ0) is 20.9. The lowest BCUT2D eigenvalue weighted by Gasteiger charge is -2.38. The summed E-state index contributed by atoms with van der Waals surface area (Å²) in [6.45, 7) is 0. The number of rotatable bonds is 4. The van der Waals surface area contributed by atoms with Crippen molar-refractivity contribution in [3.8, 4) is 0 Å². The smallest absolute Gasteiger partial charge is 0.228 e. The Balaban J connectivity index is 1.32. The fourth-order valence-electron chi connectivity index (χ4n) is 4.18. The standard InChI is InChI=1S/C24H21F2N3O/c25-19-12-18-17-7-2-14(10-21(17)29-22(18)13-20(19)26)11-23(30)28-16-5-3-15(4-6-16)24(27)8-1-9-24/h2-7,10,12-13,29H,1,8-9,11,27H2,(H,28,30). The largest absolute Gasteiger partial charge is 0.354 e. The van der Waals surface area contributed by atoms with Gasteiger partial charge in [0.05, 0.1) is 6.42 Å². The molecule has 1 heterocycles. The Hall–Kier alpha value is -3.25. The molecule has 0 atom stereocenters. The number of H-pyrrole nitrogens is 1. The van der Waals surface area contributed by atoms with Gasteiger partial charge in [0.1, 0.15) is 0 Å². The van der Waals surface area contributed by atoms with E-state index in [-0.39, 0.29) is 17.9 Å². The van der Waals surface area contributed by atoms with Crippen LogP contribution in [0.25, 0.3) is 21.8 Å². The molecule has 6 heteroatoms. The van der Waals surface area contributed by atoms with Crippen molar-refractivity contribution in [3.63, 3.8) is 0 Å². The van der Waals surface area contributed by atoms with Crippen LogP contribution in [-0.4, -0.2) is 10.9 Å². The van der Waals surface area contributed by atoms with Gasteiger partial charge in [0, 0.05) is 39.1 Å². The summed E-state index contributed by atoms with van der Waals surface area (Å²) in [4.78, 5) is 15.6. The van der Waals surface area contributed by atoms with E-state index in [2.05, 4.69) is 10.3 Å². The summed E-state index contributed by atoms with van der Waals surface area (Å²) in [6, 6.07) is 15.5. The van der Waals surface area contributed by atoms with Crippen molar-refractivity contribution < 1.29 is 13.6 Å². The van der Waals surface area contributed by atoms with Crippen LogP contribution >= 0.6 is 0 Å². The Morgan fingerprint density at radius 3 is 2.37 bits per heavy atom. The molecular formula is C24H21F2N3O. The van der Waals surface area contributed by atoms with Crippen LogP contribution in [0, 0.1) is 11.6 Å². The number of halogens is 2. The maximum absolute atomic E-state index is 13.6. The predicted molar refractivity (Wildman–Crippen MR) is 114 cm³/mol. The second-order valence-corrected chi connectivity index (χ2v) is 8.13. The molecule has 1 aliphatic carbocycles. The van der Waals surface area contributed by atoms with Gasteiger partial charge in [0.15, 0.2) is 11.6 Å². The first-order valence-electron chi connectivity index (χ1n) is 10.00. The number of nitrogens with two attached hydrogens (primary N) is 1. The van der Waals surface area contributed by atoms with Crippen molar-refractivity contribution in [1.29, 1.82) is 0 Å². The van der Waals surface area contributed by atoms with E-state index < -0.39 is 11.6 Å². The third kappa shape index (κ3) is 3.23. The minimum absolute atomic E-state index is 0.138. The van der Waals surface area contributed by atoms with Gasteiger partial charge in [0.2, 0.25) is 5.91 Å². The van der Waals surface area contributed by atoms with Crippen LogP contribution < -0.4 is 11.1 Å². The SMILES string of the molecule is NC1(c2ccc(NC(=O)Cc3ccc4c(c3)[nH]c3cc(F)c(F)cc34)cc2)CCC1. The third-order valence-corrected chi connectivity index (χ3v) is 6.06. The number of hydrogen-bond donors (Lipinski definition) is 3. The van der Waals surface area contributed by atoms with Gasteiger partial charge in [-0.25, -0.2) is 8.78 Å². The normalized spacial score (nSPS) is 15.3. The van der Waals surface area contributed by atoms with Gasteiger partial charge in [-0.3, -0.25) is 4.79 Å². The average molecular weight is 405 g/mol. The molecule has 4 N–H and O–H groups in total. The van der Waals surface area contributed by atoms with Crippen LogP contribution in [0.5, 0.6) is 0 Å². The molecule has 5 rings (SSSR count). The molecule has 0 unspecified atom stereocenters. The first kappa shape index (κ1) is 18.8. The van der Waals surface area contributed by atoms with Crippen LogP contribution in [-0.2, 0) is 16.8 Å². The molecule has 4 aromatic rings. The van der Waals surface area contributed by atoms with Crippen molar-refractivity contribution in [2.24, 2.45) is 5.73 Å². The lowest BCUT2D eigenvalue weighted by Crippen LogP contribution is -2.43. The Morgan fingerprint density at radius 1 is 0.967 bits per heavy atom. The van der Waals surface area contributed by atoms with E-state index in [4.69, 9.17) is 5.73 Å². The number of amides is 1. The molecule has 0 aliphatic heterocycles. The van der Waals surface area contributed by atoms with Gasteiger partial charge in [-0.15, -0.1) is 0 Å². The van der Waals surface area contributed by atoms with E-state index in [1.165, 1.54) is 6.07 Å². The van der Waals surface area contributed by atoms with Gasteiger partial charge >= 0.3 is 0 Å². The van der Waals surface area contributed by atoms with E-state index in [1.54, 1.807) is 0 Å². The van der Waals surface area contributed by atoms with Crippen LogP contribution in [0.15, 0.2) is 54.6 Å². The van der Waals surface area contributed by atoms with Gasteiger partial charge in [-0.2, -0.15) is 0 Å². The van der Waals surface area contributed by atoms with E-state index in [0.717, 1.165) is 53.0 Å². The molecule has 3 aromatic carbocycles. The zero-order valence-electron chi connectivity index (χ0n) is 16.3. The summed E-state index contributed by atoms with van der Waals surface area (Å²) in [5.41, 5.74) is 10.0. The first-order valence-corrected chi connectivity index (χ1v) is 10.00. The molecule has 0 spiro atoms. The number of benzene rings is 3. The molecule has 0 radical (unpaired) electrons. The number of fused-ring (bicyclic) bond motifs is 3. The molecule has 1 fully saturated rings. The summed E-state index contributed by atoms with van der Waals surface area (Å²) in [6.07, 6.45) is 3.33. The van der Waals surface area contributed by atoms with Crippen molar-refractivity contribution in [3.05, 3.63) is 77.4 Å². The minimum atomic E-state index is -0.891. The lowest BCUT2D eigenvalue weighted by molar-refractivity contribution is -0.115. The fourth-order valence-corrected chi connectivity index (χ4v) is 4.18. The maximum Gasteiger partial charge on any atom is 0.228 e. The van der Waals surface area contributed by atoms with Gasteiger partial charge in [-0.05, 0) is 54.7 Å². The maximum atomic E-state index is 13.6. The summed E-state index contributed by atoms with van der Waals surface area (Å²) >= 11 is 0. The highest BCUT2D eigenvalue weighted by Gasteiger charge is 2.34. The Kier molecular flexibility index (Phi) is 4.33. The van der Waals surface area contributed by atoms with E-state index >= 15 is 0 Å². The lowest BCUT2D eigenvalue weighted by atomic mass is 9.73. The van der Waals surface area contributed by atoms with Crippen molar-refractivity contribution in [1.82, 2.24) is 4.98 Å². The second-order valence-electron chi connectivity index (χ2n) is 8.13. The van der Waals surface area contributed by atoms with Crippen molar-refractivity contribution in [2.45, 2.75) is 31.2 Å². The summed E-state index contributed by atoms with van der Waals surface area (Å²) in [5.74, 6) is -1.91. The molecule has 4 nitrogen and oxygen atoms in total. The number of hydrogen-bond acceptors (Lipinski definition) is 2. The number of carbonyl (C=O) groups is 1. The fraction of sp³-hybridized carbons (Fsp3) is 0.208. The molecule has 1 saturated carbocycles. The number of aromatic nitrogens is 1. The highest BCUT2D eigenvalue weighted by molar-refractivity contribution is 6.07. The van der Waals surface area contributed by atoms with E-state index in [9.17, 15) is 13.6 Å². The second kappa shape index (κ2) is 6.92. The molecule has 0 saturated heterocycles. The topological polar surface area (TPSA) is 70.9 Å². The van der Waals surface area contributed by atoms with Gasteiger partial charge in [0.25, 0.3) is 0 Å². The quantitative estimate of drug-likeness (QED) is 0.441. The van der Waals surface area contributed by atoms with Crippen LogP contribution in [0.3, 0.4) is 0 Å². The van der Waals surface area contributed by atoms with Crippen molar-refractivity contribution in [2.75, 3.05) is 5.32 Å². The third-order valence-electron chi connectivity index (χ3n) is 6.06. The molecule has 30 heavy (non-hydrogen) atoms. The monoisotopic (exact) mass is 405 g/mol. The summed E-state index contributed by atoms with van der Waals surface area (Å²) in [7, 11) is 0. The molecule has 1 amide bonds. The van der Waals surface area contributed by atoms with Gasteiger partial charge < -0.3 is 16.0 Å².